The molecule has 0 bridgehead atoms. The van der Waals surface area contributed by atoms with Gasteiger partial charge in [0.1, 0.15) is 5.56 Å². The number of rotatable bonds is 5. The molecule has 0 aliphatic carbocycles. The molecule has 27 heavy (non-hydrogen) atoms. The first kappa shape index (κ1) is 18.6. The van der Waals surface area contributed by atoms with Crippen LogP contribution >= 0.6 is 0 Å². The van der Waals surface area contributed by atoms with Crippen LogP contribution in [0.1, 0.15) is 48.2 Å². The Morgan fingerprint density at radius 3 is 2.70 bits per heavy atom. The fraction of sp³-hybridized carbons (Fsp3) is 0.300. The fourth-order valence-electron chi connectivity index (χ4n) is 2.83. The van der Waals surface area contributed by atoms with Crippen LogP contribution < -0.4 is 10.9 Å². The molecular weight excluding hydrogens is 342 g/mol. The van der Waals surface area contributed by atoms with Crippen LogP contribution in [0.4, 0.5) is 5.82 Å². The summed E-state index contributed by atoms with van der Waals surface area (Å²) in [6, 6.07) is 9.53. The second-order valence-electron chi connectivity index (χ2n) is 6.71. The van der Waals surface area contributed by atoms with Crippen molar-refractivity contribution in [3.05, 3.63) is 69.8 Å². The van der Waals surface area contributed by atoms with Gasteiger partial charge in [-0.2, -0.15) is 0 Å². The molecule has 7 heteroatoms. The molecule has 7 nitrogen and oxygen atoms in total. The predicted octanol–water partition coefficient (Wildman–Crippen LogP) is 3.13. The van der Waals surface area contributed by atoms with Crippen molar-refractivity contribution in [3.8, 4) is 5.69 Å². The second kappa shape index (κ2) is 7.57. The van der Waals surface area contributed by atoms with Crippen LogP contribution in [0.25, 0.3) is 5.69 Å². The number of hydrogen-bond donors (Lipinski definition) is 1. The number of benzene rings is 1. The monoisotopic (exact) mass is 365 g/mol. The normalized spacial score (nSPS) is 11.0. The van der Waals surface area contributed by atoms with E-state index in [1.807, 2.05) is 31.2 Å². The van der Waals surface area contributed by atoms with Crippen molar-refractivity contribution in [2.24, 2.45) is 0 Å². The maximum atomic E-state index is 13.0. The first-order valence-corrected chi connectivity index (χ1v) is 8.94. The number of pyridine rings is 1. The average molecular weight is 365 g/mol. The number of amides is 1. The minimum Gasteiger partial charge on any atom is -0.304 e. The van der Waals surface area contributed by atoms with Crippen molar-refractivity contribution in [1.29, 1.82) is 0 Å². The molecule has 0 spiro atoms. The first-order valence-electron chi connectivity index (χ1n) is 8.94. The van der Waals surface area contributed by atoms with E-state index in [1.54, 1.807) is 30.1 Å². The van der Waals surface area contributed by atoms with Gasteiger partial charge in [-0.15, -0.1) is 5.10 Å². The second-order valence-corrected chi connectivity index (χ2v) is 6.71. The molecule has 1 aromatic carbocycles. The third kappa shape index (κ3) is 3.81. The summed E-state index contributed by atoms with van der Waals surface area (Å²) in [4.78, 5) is 25.7. The standard InChI is InChI=1S/C20H23N5O2/c1-5-24-12-17(22-23-24)21-19(26)18-14(4)9-10-25(20(18)27)16-8-6-7-15(11-16)13(2)3/h6-13H,5H2,1-4H3,(H,21,26). The van der Waals surface area contributed by atoms with Crippen LogP contribution in [-0.2, 0) is 6.54 Å². The summed E-state index contributed by atoms with van der Waals surface area (Å²) < 4.78 is 3.10. The zero-order valence-corrected chi connectivity index (χ0v) is 15.9. The smallest absolute Gasteiger partial charge is 0.268 e. The van der Waals surface area contributed by atoms with Crippen molar-refractivity contribution in [2.45, 2.75) is 40.2 Å². The van der Waals surface area contributed by atoms with Gasteiger partial charge in [0.25, 0.3) is 11.5 Å². The van der Waals surface area contributed by atoms with E-state index >= 15 is 0 Å². The highest BCUT2D eigenvalue weighted by Crippen LogP contribution is 2.18. The largest absolute Gasteiger partial charge is 0.304 e. The number of nitrogens with one attached hydrogen (secondary N) is 1. The molecule has 3 rings (SSSR count). The van der Waals surface area contributed by atoms with Gasteiger partial charge >= 0.3 is 0 Å². The maximum Gasteiger partial charge on any atom is 0.268 e. The Balaban J connectivity index is 1.99. The molecule has 2 heterocycles. The Morgan fingerprint density at radius 2 is 2.04 bits per heavy atom. The highest BCUT2D eigenvalue weighted by molar-refractivity contribution is 6.04. The van der Waals surface area contributed by atoms with Crippen molar-refractivity contribution in [3.63, 3.8) is 0 Å². The lowest BCUT2D eigenvalue weighted by atomic mass is 10.0. The van der Waals surface area contributed by atoms with Crippen molar-refractivity contribution in [2.75, 3.05) is 5.32 Å². The quantitative estimate of drug-likeness (QED) is 0.753. The van der Waals surface area contributed by atoms with E-state index in [2.05, 4.69) is 29.5 Å². The van der Waals surface area contributed by atoms with Crippen molar-refractivity contribution < 1.29 is 4.79 Å². The van der Waals surface area contributed by atoms with E-state index in [4.69, 9.17) is 0 Å². The van der Waals surface area contributed by atoms with Gasteiger partial charge in [0.2, 0.25) is 0 Å². The molecule has 1 amide bonds. The molecule has 0 saturated heterocycles. The lowest BCUT2D eigenvalue weighted by molar-refractivity contribution is 0.102. The number of carbonyl (C=O) groups excluding carboxylic acids is 1. The maximum absolute atomic E-state index is 13.0. The van der Waals surface area contributed by atoms with E-state index in [9.17, 15) is 9.59 Å². The summed E-state index contributed by atoms with van der Waals surface area (Å²) in [7, 11) is 0. The van der Waals surface area contributed by atoms with Gasteiger partial charge < -0.3 is 5.32 Å². The third-order valence-electron chi connectivity index (χ3n) is 4.45. The van der Waals surface area contributed by atoms with E-state index < -0.39 is 5.91 Å². The topological polar surface area (TPSA) is 81.8 Å². The minimum absolute atomic E-state index is 0.0958. The summed E-state index contributed by atoms with van der Waals surface area (Å²) in [5.41, 5.74) is 2.20. The molecule has 0 saturated carbocycles. The van der Waals surface area contributed by atoms with Crippen LogP contribution in [0, 0.1) is 6.92 Å². The van der Waals surface area contributed by atoms with Crippen LogP contribution in [0.15, 0.2) is 47.5 Å². The van der Waals surface area contributed by atoms with E-state index in [-0.39, 0.29) is 11.1 Å². The van der Waals surface area contributed by atoms with Crippen molar-refractivity contribution >= 4 is 11.7 Å². The zero-order chi connectivity index (χ0) is 19.6. The van der Waals surface area contributed by atoms with Crippen LogP contribution in [0.2, 0.25) is 0 Å². The highest BCUT2D eigenvalue weighted by Gasteiger charge is 2.18. The lowest BCUT2D eigenvalue weighted by Crippen LogP contribution is -2.29. The Labute approximate surface area is 157 Å². The summed E-state index contributed by atoms with van der Waals surface area (Å²) in [5.74, 6) is 0.169. The van der Waals surface area contributed by atoms with Gasteiger partial charge in [-0.25, -0.2) is 0 Å². The van der Waals surface area contributed by atoms with E-state index in [0.717, 1.165) is 11.3 Å². The third-order valence-corrected chi connectivity index (χ3v) is 4.45. The predicted molar refractivity (Wildman–Crippen MR) is 105 cm³/mol. The fourth-order valence-corrected chi connectivity index (χ4v) is 2.83. The van der Waals surface area contributed by atoms with Gasteiger partial charge in [0.05, 0.1) is 6.20 Å². The van der Waals surface area contributed by atoms with Crippen molar-refractivity contribution in [1.82, 2.24) is 19.6 Å². The summed E-state index contributed by atoms with van der Waals surface area (Å²) in [6.45, 7) is 8.50. The zero-order valence-electron chi connectivity index (χ0n) is 15.9. The minimum atomic E-state index is -0.491. The Hall–Kier alpha value is -3.22. The Morgan fingerprint density at radius 1 is 1.26 bits per heavy atom. The van der Waals surface area contributed by atoms with Gasteiger partial charge in [-0.1, -0.05) is 31.2 Å². The number of aryl methyl sites for hydroxylation is 2. The highest BCUT2D eigenvalue weighted by atomic mass is 16.2. The number of hydrogen-bond acceptors (Lipinski definition) is 4. The van der Waals surface area contributed by atoms with Gasteiger partial charge in [0.15, 0.2) is 5.82 Å². The van der Waals surface area contributed by atoms with Gasteiger partial charge in [-0.3, -0.25) is 18.8 Å². The molecule has 0 fully saturated rings. The number of nitrogens with zero attached hydrogens (tertiary/aromatic N) is 4. The van der Waals surface area contributed by atoms with E-state index in [1.165, 1.54) is 4.57 Å². The molecule has 3 aromatic rings. The summed E-state index contributed by atoms with van der Waals surface area (Å²) in [6.07, 6.45) is 3.32. The molecule has 140 valence electrons. The van der Waals surface area contributed by atoms with Gasteiger partial charge in [0, 0.05) is 18.4 Å². The molecule has 0 aliphatic rings. The Bertz CT molecular complexity index is 1030. The van der Waals surface area contributed by atoms with E-state index in [0.29, 0.717) is 23.8 Å². The number of carbonyl (C=O) groups is 1. The molecule has 1 N–H and O–H groups in total. The molecule has 2 aromatic heterocycles. The molecule has 0 radical (unpaired) electrons. The van der Waals surface area contributed by atoms with Crippen LogP contribution in [-0.4, -0.2) is 25.5 Å². The van der Waals surface area contributed by atoms with Crippen LogP contribution in [0.3, 0.4) is 0 Å². The molecular formula is C20H23N5O2. The van der Waals surface area contributed by atoms with Gasteiger partial charge in [-0.05, 0) is 49.1 Å². The molecule has 0 aliphatic heterocycles. The SMILES string of the molecule is CCn1cc(NC(=O)c2c(C)ccn(-c3cccc(C(C)C)c3)c2=O)nn1. The first-order chi connectivity index (χ1) is 12.9. The average Bonchev–Trinajstić information content (AvgIpc) is 3.09. The lowest BCUT2D eigenvalue weighted by Gasteiger charge is -2.12. The molecule has 0 unspecified atom stereocenters. The number of anilines is 1. The van der Waals surface area contributed by atoms with Crippen LogP contribution in [0.5, 0.6) is 0 Å². The number of aromatic nitrogens is 4. The summed E-state index contributed by atoms with van der Waals surface area (Å²) in [5, 5.41) is 10.4. The molecule has 0 atom stereocenters. The summed E-state index contributed by atoms with van der Waals surface area (Å²) >= 11 is 0. The Kier molecular flexibility index (Phi) is 5.21.